The van der Waals surface area contributed by atoms with Crippen LogP contribution in [-0.2, 0) is 13.0 Å². The van der Waals surface area contributed by atoms with E-state index in [4.69, 9.17) is 4.74 Å². The van der Waals surface area contributed by atoms with Gasteiger partial charge in [-0.25, -0.2) is 0 Å². The molecule has 0 atom stereocenters. The van der Waals surface area contributed by atoms with Crippen LogP contribution in [0.3, 0.4) is 0 Å². The van der Waals surface area contributed by atoms with Crippen molar-refractivity contribution in [2.45, 2.75) is 38.8 Å². The average molecular weight is 205 g/mol. The van der Waals surface area contributed by atoms with Gasteiger partial charge in [0.15, 0.2) is 0 Å². The zero-order valence-electron chi connectivity index (χ0n) is 9.55. The van der Waals surface area contributed by atoms with Gasteiger partial charge in [0.05, 0.1) is 7.11 Å². The summed E-state index contributed by atoms with van der Waals surface area (Å²) >= 11 is 0. The van der Waals surface area contributed by atoms with Gasteiger partial charge >= 0.3 is 0 Å². The van der Waals surface area contributed by atoms with Crippen LogP contribution in [0.4, 0.5) is 0 Å². The van der Waals surface area contributed by atoms with Crippen LogP contribution in [0.2, 0.25) is 0 Å². The maximum absolute atomic E-state index is 5.36. The maximum Gasteiger partial charge on any atom is 0.123 e. The van der Waals surface area contributed by atoms with Gasteiger partial charge in [-0.2, -0.15) is 0 Å². The average Bonchev–Trinajstić information content (AvgIpc) is 3.09. The lowest BCUT2D eigenvalue weighted by Crippen LogP contribution is -2.16. The first-order chi connectivity index (χ1) is 7.33. The molecule has 2 rings (SSSR count). The van der Waals surface area contributed by atoms with Gasteiger partial charge in [-0.1, -0.05) is 19.1 Å². The Morgan fingerprint density at radius 2 is 2.20 bits per heavy atom. The summed E-state index contributed by atoms with van der Waals surface area (Å²) in [4.78, 5) is 0. The number of methoxy groups -OCH3 is 1. The molecular weight excluding hydrogens is 186 g/mol. The minimum absolute atomic E-state index is 0.750. The predicted molar refractivity (Wildman–Crippen MR) is 62.2 cm³/mol. The van der Waals surface area contributed by atoms with Crippen molar-refractivity contribution in [1.82, 2.24) is 5.32 Å². The van der Waals surface area contributed by atoms with Crippen molar-refractivity contribution < 1.29 is 4.74 Å². The Hall–Kier alpha value is -1.02. The number of benzene rings is 1. The maximum atomic E-state index is 5.36. The van der Waals surface area contributed by atoms with Crippen LogP contribution >= 0.6 is 0 Å². The molecule has 0 amide bonds. The second-order valence-corrected chi connectivity index (χ2v) is 4.15. The molecule has 1 aromatic rings. The van der Waals surface area contributed by atoms with Crippen molar-refractivity contribution in [3.8, 4) is 5.75 Å². The van der Waals surface area contributed by atoms with Crippen LogP contribution < -0.4 is 10.1 Å². The SMILES string of the molecule is CCc1ccc(OC)c(CNC2CC2)c1. The fourth-order valence-electron chi connectivity index (χ4n) is 1.73. The molecule has 0 aliphatic heterocycles. The highest BCUT2D eigenvalue weighted by Crippen LogP contribution is 2.23. The highest BCUT2D eigenvalue weighted by atomic mass is 16.5. The van der Waals surface area contributed by atoms with Crippen molar-refractivity contribution in [1.29, 1.82) is 0 Å². The van der Waals surface area contributed by atoms with E-state index < -0.39 is 0 Å². The van der Waals surface area contributed by atoms with Gasteiger partial charge in [0.2, 0.25) is 0 Å². The lowest BCUT2D eigenvalue weighted by molar-refractivity contribution is 0.407. The third kappa shape index (κ3) is 2.72. The van der Waals surface area contributed by atoms with E-state index >= 15 is 0 Å². The standard InChI is InChI=1S/C13H19NO/c1-3-10-4-7-13(15-2)11(8-10)9-14-12-5-6-12/h4,7-8,12,14H,3,5-6,9H2,1-2H3. The third-order valence-corrected chi connectivity index (χ3v) is 2.91. The third-order valence-electron chi connectivity index (χ3n) is 2.91. The van der Waals surface area contributed by atoms with Gasteiger partial charge in [0, 0.05) is 18.2 Å². The molecule has 1 N–H and O–H groups in total. The van der Waals surface area contributed by atoms with Crippen molar-refractivity contribution >= 4 is 0 Å². The molecule has 0 bridgehead atoms. The van der Waals surface area contributed by atoms with Gasteiger partial charge in [-0.05, 0) is 30.9 Å². The Kier molecular flexibility index (Phi) is 3.27. The molecule has 1 saturated carbocycles. The molecule has 0 aromatic heterocycles. The van der Waals surface area contributed by atoms with Gasteiger partial charge in [-0.3, -0.25) is 0 Å². The highest BCUT2D eigenvalue weighted by molar-refractivity contribution is 5.37. The molecule has 2 heteroatoms. The molecular formula is C13H19NO. The number of hydrogen-bond donors (Lipinski definition) is 1. The molecule has 82 valence electrons. The fourth-order valence-corrected chi connectivity index (χ4v) is 1.73. The summed E-state index contributed by atoms with van der Waals surface area (Å²) in [5, 5.41) is 3.52. The van der Waals surface area contributed by atoms with E-state index in [0.717, 1.165) is 24.8 Å². The minimum atomic E-state index is 0.750. The number of hydrogen-bond acceptors (Lipinski definition) is 2. The second kappa shape index (κ2) is 4.67. The first kappa shape index (κ1) is 10.5. The number of aryl methyl sites for hydroxylation is 1. The van der Waals surface area contributed by atoms with Crippen LogP contribution in [0, 0.1) is 0 Å². The number of ether oxygens (including phenoxy) is 1. The number of rotatable bonds is 5. The molecule has 2 nitrogen and oxygen atoms in total. The summed E-state index contributed by atoms with van der Waals surface area (Å²) in [5.41, 5.74) is 2.66. The topological polar surface area (TPSA) is 21.3 Å². The Morgan fingerprint density at radius 3 is 2.80 bits per heavy atom. The van der Waals surface area contributed by atoms with Crippen LogP contribution in [0.5, 0.6) is 5.75 Å². The summed E-state index contributed by atoms with van der Waals surface area (Å²) in [5.74, 6) is 1.00. The van der Waals surface area contributed by atoms with E-state index in [1.807, 2.05) is 0 Å². The lowest BCUT2D eigenvalue weighted by Gasteiger charge is -2.10. The molecule has 0 spiro atoms. The van der Waals surface area contributed by atoms with Crippen molar-refractivity contribution in [2.75, 3.05) is 7.11 Å². The first-order valence-corrected chi connectivity index (χ1v) is 5.72. The van der Waals surface area contributed by atoms with Gasteiger partial charge in [-0.15, -0.1) is 0 Å². The van der Waals surface area contributed by atoms with Crippen LogP contribution in [0.15, 0.2) is 18.2 Å². The Morgan fingerprint density at radius 1 is 1.40 bits per heavy atom. The van der Waals surface area contributed by atoms with Crippen molar-refractivity contribution in [3.63, 3.8) is 0 Å². The molecule has 0 unspecified atom stereocenters. The van der Waals surface area contributed by atoms with E-state index in [-0.39, 0.29) is 0 Å². The van der Waals surface area contributed by atoms with E-state index in [1.165, 1.54) is 24.0 Å². The summed E-state index contributed by atoms with van der Waals surface area (Å²) in [6.07, 6.45) is 3.74. The van der Waals surface area contributed by atoms with Crippen LogP contribution in [-0.4, -0.2) is 13.2 Å². The van der Waals surface area contributed by atoms with Crippen LogP contribution in [0.1, 0.15) is 30.9 Å². The van der Waals surface area contributed by atoms with E-state index in [9.17, 15) is 0 Å². The molecule has 15 heavy (non-hydrogen) atoms. The fraction of sp³-hybridized carbons (Fsp3) is 0.538. The Balaban J connectivity index is 2.08. The predicted octanol–water partition coefficient (Wildman–Crippen LogP) is 2.51. The largest absolute Gasteiger partial charge is 0.496 e. The first-order valence-electron chi connectivity index (χ1n) is 5.72. The van der Waals surface area contributed by atoms with E-state index in [0.29, 0.717) is 0 Å². The molecule has 0 saturated heterocycles. The highest BCUT2D eigenvalue weighted by Gasteiger charge is 2.20. The quantitative estimate of drug-likeness (QED) is 0.797. The summed E-state index contributed by atoms with van der Waals surface area (Å²) < 4.78 is 5.36. The second-order valence-electron chi connectivity index (χ2n) is 4.15. The molecule has 1 fully saturated rings. The van der Waals surface area contributed by atoms with Gasteiger partial charge < -0.3 is 10.1 Å². The molecule has 0 radical (unpaired) electrons. The van der Waals surface area contributed by atoms with E-state index in [2.05, 4.69) is 30.4 Å². The zero-order chi connectivity index (χ0) is 10.7. The normalized spacial score (nSPS) is 15.3. The molecule has 1 aromatic carbocycles. The van der Waals surface area contributed by atoms with Crippen LogP contribution in [0.25, 0.3) is 0 Å². The van der Waals surface area contributed by atoms with Gasteiger partial charge in [0.1, 0.15) is 5.75 Å². The summed E-state index contributed by atoms with van der Waals surface area (Å²) in [6.45, 7) is 3.11. The van der Waals surface area contributed by atoms with E-state index in [1.54, 1.807) is 7.11 Å². The van der Waals surface area contributed by atoms with Crippen molar-refractivity contribution in [2.24, 2.45) is 0 Å². The zero-order valence-corrected chi connectivity index (χ0v) is 9.55. The Labute approximate surface area is 91.6 Å². The Bertz CT molecular complexity index is 331. The molecule has 1 aliphatic carbocycles. The monoisotopic (exact) mass is 205 g/mol. The molecule has 1 aliphatic rings. The summed E-state index contributed by atoms with van der Waals surface area (Å²) in [7, 11) is 1.74. The summed E-state index contributed by atoms with van der Waals surface area (Å²) in [6, 6.07) is 7.20. The molecule has 0 heterocycles. The van der Waals surface area contributed by atoms with Gasteiger partial charge in [0.25, 0.3) is 0 Å². The smallest absolute Gasteiger partial charge is 0.123 e. The van der Waals surface area contributed by atoms with Crippen molar-refractivity contribution in [3.05, 3.63) is 29.3 Å². The number of nitrogens with one attached hydrogen (secondary N) is 1. The lowest BCUT2D eigenvalue weighted by atomic mass is 10.1. The minimum Gasteiger partial charge on any atom is -0.496 e.